The topological polar surface area (TPSA) is 102 Å². The number of halogens is 1. The lowest BCUT2D eigenvalue weighted by Crippen LogP contribution is -2.40. The van der Waals surface area contributed by atoms with Gasteiger partial charge < -0.3 is 14.8 Å². The molecule has 0 bridgehead atoms. The third-order valence-corrected chi connectivity index (χ3v) is 7.38. The Morgan fingerprint density at radius 2 is 1.78 bits per heavy atom. The van der Waals surface area contributed by atoms with Crippen LogP contribution in [-0.2, 0) is 24.3 Å². The summed E-state index contributed by atoms with van der Waals surface area (Å²) in [7, 11) is -3.78. The number of carbonyl (C=O) groups excluding carboxylic acids is 2. The highest BCUT2D eigenvalue weighted by Gasteiger charge is 2.28. The number of benzene rings is 2. The number of nitrogens with one attached hydrogen (secondary N) is 1. The van der Waals surface area contributed by atoms with Gasteiger partial charge in [-0.25, -0.2) is 13.2 Å². The monoisotopic (exact) mass is 480 g/mol. The van der Waals surface area contributed by atoms with Crippen LogP contribution in [0.2, 0.25) is 5.02 Å². The largest absolute Gasteiger partial charge is 0.452 e. The zero-order chi connectivity index (χ0) is 23.5. The van der Waals surface area contributed by atoms with Crippen LogP contribution in [0.25, 0.3) is 0 Å². The van der Waals surface area contributed by atoms with Crippen molar-refractivity contribution >= 4 is 39.2 Å². The van der Waals surface area contributed by atoms with Crippen molar-refractivity contribution in [3.8, 4) is 0 Å². The van der Waals surface area contributed by atoms with Crippen LogP contribution in [0, 0.1) is 20.8 Å². The molecule has 1 N–H and O–H groups in total. The molecule has 1 fully saturated rings. The SMILES string of the molecule is Cc1cc(C)c(NC(=O)COC(=O)c2ccc(C)c(S(=O)(=O)N3CCOCC3)c2)c(Cl)c1. The zero-order valence-corrected chi connectivity index (χ0v) is 19.7. The van der Waals surface area contributed by atoms with Gasteiger partial charge in [-0.2, -0.15) is 4.31 Å². The van der Waals surface area contributed by atoms with Crippen molar-refractivity contribution in [2.45, 2.75) is 25.7 Å². The van der Waals surface area contributed by atoms with Crippen molar-refractivity contribution in [3.05, 3.63) is 57.6 Å². The van der Waals surface area contributed by atoms with Crippen LogP contribution < -0.4 is 5.32 Å². The maximum absolute atomic E-state index is 13.0. The molecular formula is C22H25ClN2O6S. The first kappa shape index (κ1) is 24.2. The van der Waals surface area contributed by atoms with Crippen LogP contribution in [0.4, 0.5) is 5.69 Å². The van der Waals surface area contributed by atoms with Crippen LogP contribution in [0.15, 0.2) is 35.2 Å². The molecule has 2 aromatic carbocycles. The van der Waals surface area contributed by atoms with Crippen molar-refractivity contribution in [2.24, 2.45) is 0 Å². The lowest BCUT2D eigenvalue weighted by atomic mass is 10.1. The fourth-order valence-electron chi connectivity index (χ4n) is 3.39. The molecule has 1 aliphatic rings. The van der Waals surface area contributed by atoms with Gasteiger partial charge in [0.25, 0.3) is 5.91 Å². The van der Waals surface area contributed by atoms with E-state index in [0.29, 0.717) is 29.5 Å². The summed E-state index contributed by atoms with van der Waals surface area (Å²) in [6, 6.07) is 7.88. The summed E-state index contributed by atoms with van der Waals surface area (Å²) in [6.45, 7) is 5.95. The number of ether oxygens (including phenoxy) is 2. The Morgan fingerprint density at radius 3 is 2.44 bits per heavy atom. The highest BCUT2D eigenvalue weighted by molar-refractivity contribution is 7.89. The minimum atomic E-state index is -3.78. The number of carbonyl (C=O) groups is 2. The second-order valence-electron chi connectivity index (χ2n) is 7.56. The zero-order valence-electron chi connectivity index (χ0n) is 18.1. The number of morpholine rings is 1. The number of esters is 1. The van der Waals surface area contributed by atoms with Crippen LogP contribution in [0.1, 0.15) is 27.0 Å². The minimum Gasteiger partial charge on any atom is -0.452 e. The molecule has 0 atom stereocenters. The van der Waals surface area contributed by atoms with Crippen LogP contribution in [0.5, 0.6) is 0 Å². The van der Waals surface area contributed by atoms with Gasteiger partial charge in [0, 0.05) is 13.1 Å². The van der Waals surface area contributed by atoms with E-state index in [2.05, 4.69) is 5.32 Å². The maximum Gasteiger partial charge on any atom is 0.338 e. The predicted octanol–water partition coefficient (Wildman–Crippen LogP) is 3.08. The van der Waals surface area contributed by atoms with Gasteiger partial charge in [0.1, 0.15) is 0 Å². The summed E-state index contributed by atoms with van der Waals surface area (Å²) in [5.74, 6) is -1.36. The number of rotatable bonds is 6. The smallest absolute Gasteiger partial charge is 0.338 e. The number of amides is 1. The first-order chi connectivity index (χ1) is 15.1. The van der Waals surface area contributed by atoms with Gasteiger partial charge in [-0.1, -0.05) is 23.7 Å². The lowest BCUT2D eigenvalue weighted by molar-refractivity contribution is -0.119. The number of aryl methyl sites for hydroxylation is 3. The molecule has 3 rings (SSSR count). The van der Waals surface area contributed by atoms with Crippen LogP contribution in [-0.4, -0.2) is 57.5 Å². The van der Waals surface area contributed by atoms with E-state index in [1.165, 1.54) is 16.4 Å². The van der Waals surface area contributed by atoms with E-state index in [1.54, 1.807) is 19.1 Å². The number of hydrogen-bond acceptors (Lipinski definition) is 6. The highest BCUT2D eigenvalue weighted by Crippen LogP contribution is 2.27. The van der Waals surface area contributed by atoms with Crippen molar-refractivity contribution in [1.29, 1.82) is 0 Å². The third-order valence-electron chi connectivity index (χ3n) is 5.04. The predicted molar refractivity (Wildman–Crippen MR) is 121 cm³/mol. The molecule has 32 heavy (non-hydrogen) atoms. The molecule has 0 unspecified atom stereocenters. The maximum atomic E-state index is 13.0. The van der Waals surface area contributed by atoms with Gasteiger partial charge in [-0.15, -0.1) is 0 Å². The molecular weight excluding hydrogens is 456 g/mol. The van der Waals surface area contributed by atoms with Crippen LogP contribution in [0.3, 0.4) is 0 Å². The van der Waals surface area contributed by atoms with E-state index in [9.17, 15) is 18.0 Å². The molecule has 0 radical (unpaired) electrons. The van der Waals surface area contributed by atoms with Crippen molar-refractivity contribution in [1.82, 2.24) is 4.31 Å². The Morgan fingerprint density at radius 1 is 1.09 bits per heavy atom. The van der Waals surface area contributed by atoms with E-state index in [-0.39, 0.29) is 23.5 Å². The fourth-order valence-corrected chi connectivity index (χ4v) is 5.42. The number of sulfonamides is 1. The van der Waals surface area contributed by atoms with E-state index in [4.69, 9.17) is 21.1 Å². The summed E-state index contributed by atoms with van der Waals surface area (Å²) in [6.07, 6.45) is 0. The molecule has 0 saturated carbocycles. The van der Waals surface area contributed by atoms with Crippen molar-refractivity contribution in [2.75, 3.05) is 38.2 Å². The number of nitrogens with zero attached hydrogens (tertiary/aromatic N) is 1. The summed E-state index contributed by atoms with van der Waals surface area (Å²) in [5, 5.41) is 3.03. The Hall–Kier alpha value is -2.46. The van der Waals surface area contributed by atoms with Crippen LogP contribution >= 0.6 is 11.6 Å². The lowest BCUT2D eigenvalue weighted by Gasteiger charge is -2.26. The third kappa shape index (κ3) is 5.47. The Labute approximate surface area is 192 Å². The Bertz CT molecular complexity index is 1120. The van der Waals surface area contributed by atoms with E-state index >= 15 is 0 Å². The first-order valence-corrected chi connectivity index (χ1v) is 11.8. The average Bonchev–Trinajstić information content (AvgIpc) is 2.75. The molecule has 8 nitrogen and oxygen atoms in total. The van der Waals surface area contributed by atoms with Crippen molar-refractivity contribution in [3.63, 3.8) is 0 Å². The molecule has 1 aliphatic heterocycles. The van der Waals surface area contributed by atoms with Gasteiger partial charge in [-0.3, -0.25) is 4.79 Å². The second-order valence-corrected chi connectivity index (χ2v) is 9.87. The van der Waals surface area contributed by atoms with E-state index in [1.807, 2.05) is 19.9 Å². The average molecular weight is 481 g/mol. The summed E-state index contributed by atoms with van der Waals surface area (Å²) in [5.41, 5.74) is 2.74. The first-order valence-electron chi connectivity index (χ1n) is 10.0. The summed E-state index contributed by atoms with van der Waals surface area (Å²) in [4.78, 5) is 24.8. The van der Waals surface area contributed by atoms with Gasteiger partial charge in [-0.05, 0) is 55.7 Å². The molecule has 1 heterocycles. The molecule has 10 heteroatoms. The van der Waals surface area contributed by atoms with E-state index < -0.39 is 28.5 Å². The van der Waals surface area contributed by atoms with E-state index in [0.717, 1.165) is 11.1 Å². The standard InChI is InChI=1S/C22H25ClN2O6S/c1-14-10-16(3)21(18(23)11-14)24-20(26)13-31-22(27)17-5-4-15(2)19(12-17)32(28,29)25-6-8-30-9-7-25/h4-5,10-12H,6-9,13H2,1-3H3,(H,24,26). The van der Waals surface area contributed by atoms with Gasteiger partial charge in [0.2, 0.25) is 10.0 Å². The summed E-state index contributed by atoms with van der Waals surface area (Å²) < 4.78 is 37.6. The van der Waals surface area contributed by atoms with Gasteiger partial charge >= 0.3 is 5.97 Å². The molecule has 0 aliphatic carbocycles. The van der Waals surface area contributed by atoms with Gasteiger partial charge in [0.15, 0.2) is 6.61 Å². The Balaban J connectivity index is 1.69. The molecule has 1 saturated heterocycles. The minimum absolute atomic E-state index is 0.0281. The quantitative estimate of drug-likeness (QED) is 0.637. The highest BCUT2D eigenvalue weighted by atomic mass is 35.5. The van der Waals surface area contributed by atoms with Crippen molar-refractivity contribution < 1.29 is 27.5 Å². The molecule has 0 spiro atoms. The molecule has 172 valence electrons. The number of anilines is 1. The Kier molecular flexibility index (Phi) is 7.55. The normalized spacial score (nSPS) is 14.8. The fraction of sp³-hybridized carbons (Fsp3) is 0.364. The van der Waals surface area contributed by atoms with Gasteiger partial charge in [0.05, 0.1) is 34.4 Å². The summed E-state index contributed by atoms with van der Waals surface area (Å²) >= 11 is 6.19. The second kappa shape index (κ2) is 9.99. The molecule has 0 aromatic heterocycles. The molecule has 2 aromatic rings. The molecule has 1 amide bonds. The number of hydrogen-bond donors (Lipinski definition) is 1.